The number of carbonyl (C=O) groups excluding carboxylic acids is 2. The van der Waals surface area contributed by atoms with Crippen molar-refractivity contribution in [2.75, 3.05) is 20.1 Å². The van der Waals surface area contributed by atoms with Crippen LogP contribution in [-0.4, -0.2) is 62.3 Å². The van der Waals surface area contributed by atoms with Crippen molar-refractivity contribution in [2.24, 2.45) is 5.92 Å². The second-order valence-electron chi connectivity index (χ2n) is 6.79. The lowest BCUT2D eigenvalue weighted by Gasteiger charge is -2.37. The number of fused-ring (bicyclic) bond motifs is 1. The van der Waals surface area contributed by atoms with E-state index in [1.807, 2.05) is 4.57 Å². The van der Waals surface area contributed by atoms with Crippen LogP contribution in [0, 0.1) is 5.92 Å². The molecule has 1 aliphatic heterocycles. The Kier molecular flexibility index (Phi) is 4.26. The fourth-order valence-corrected chi connectivity index (χ4v) is 3.05. The normalized spacial score (nSPS) is 18.7. The molecule has 2 aromatic rings. The average molecular weight is 329 g/mol. The van der Waals surface area contributed by atoms with Crippen molar-refractivity contribution in [3.63, 3.8) is 0 Å². The van der Waals surface area contributed by atoms with Gasteiger partial charge >= 0.3 is 0 Å². The summed E-state index contributed by atoms with van der Waals surface area (Å²) in [5.41, 5.74) is 1.96. The highest BCUT2D eigenvalue weighted by molar-refractivity contribution is 5.99. The minimum Gasteiger partial charge on any atom is -0.342 e. The Hall–Kier alpha value is -2.44. The molecule has 0 aromatic carbocycles. The molecule has 1 unspecified atom stereocenters. The van der Waals surface area contributed by atoms with Gasteiger partial charge in [-0.2, -0.15) is 0 Å². The monoisotopic (exact) mass is 329 g/mol. The third kappa shape index (κ3) is 2.86. The van der Waals surface area contributed by atoms with Crippen molar-refractivity contribution in [1.29, 1.82) is 0 Å². The molecule has 7 nitrogen and oxygen atoms in total. The zero-order chi connectivity index (χ0) is 17.4. The number of aromatic nitrogens is 3. The first-order chi connectivity index (χ1) is 11.4. The van der Waals surface area contributed by atoms with Crippen LogP contribution < -0.4 is 0 Å². The molecule has 1 aliphatic rings. The van der Waals surface area contributed by atoms with Crippen molar-refractivity contribution in [3.05, 3.63) is 24.2 Å². The largest absolute Gasteiger partial charge is 0.342 e. The van der Waals surface area contributed by atoms with Crippen LogP contribution in [0.15, 0.2) is 18.6 Å². The zero-order valence-corrected chi connectivity index (χ0v) is 14.6. The number of carbonyl (C=O) groups is 2. The van der Waals surface area contributed by atoms with Crippen LogP contribution in [0.3, 0.4) is 0 Å². The minimum atomic E-state index is -0.453. The van der Waals surface area contributed by atoms with Crippen LogP contribution >= 0.6 is 0 Å². The van der Waals surface area contributed by atoms with E-state index in [4.69, 9.17) is 0 Å². The summed E-state index contributed by atoms with van der Waals surface area (Å²) in [5.74, 6) is 0.282. The van der Waals surface area contributed by atoms with Crippen molar-refractivity contribution >= 4 is 23.0 Å². The second kappa shape index (κ2) is 6.22. The Balaban J connectivity index is 1.87. The fraction of sp³-hybridized carbons (Fsp3) is 0.529. The standard InChI is InChI=1S/C17H23N5O2/c1-11(2)9-21-10-19-14-7-13(8-18-15(14)21)17(24)22-6-5-20(4)16(23)12(22)3/h7-8,10-12H,5-6,9H2,1-4H3. The predicted molar refractivity (Wildman–Crippen MR) is 90.5 cm³/mol. The molecule has 1 atom stereocenters. The van der Waals surface area contributed by atoms with Crippen molar-refractivity contribution in [3.8, 4) is 0 Å². The van der Waals surface area contributed by atoms with Gasteiger partial charge in [0.05, 0.1) is 11.9 Å². The summed E-state index contributed by atoms with van der Waals surface area (Å²) in [4.78, 5) is 36.9. The molecule has 0 saturated carbocycles. The number of pyridine rings is 1. The maximum Gasteiger partial charge on any atom is 0.256 e. The van der Waals surface area contributed by atoms with Gasteiger partial charge in [0.2, 0.25) is 5.91 Å². The van der Waals surface area contributed by atoms with E-state index in [9.17, 15) is 9.59 Å². The third-order valence-corrected chi connectivity index (χ3v) is 4.40. The van der Waals surface area contributed by atoms with Gasteiger partial charge in [-0.15, -0.1) is 0 Å². The average Bonchev–Trinajstić information content (AvgIpc) is 2.94. The Morgan fingerprint density at radius 2 is 2.08 bits per heavy atom. The Labute approximate surface area is 141 Å². The van der Waals surface area contributed by atoms with E-state index in [1.54, 1.807) is 42.4 Å². The Morgan fingerprint density at radius 1 is 1.33 bits per heavy atom. The van der Waals surface area contributed by atoms with Crippen molar-refractivity contribution in [2.45, 2.75) is 33.4 Å². The van der Waals surface area contributed by atoms with Gasteiger partial charge in [0.15, 0.2) is 5.65 Å². The zero-order valence-electron chi connectivity index (χ0n) is 14.6. The molecule has 2 amide bonds. The topological polar surface area (TPSA) is 71.3 Å². The van der Waals surface area contributed by atoms with Gasteiger partial charge in [-0.05, 0) is 18.9 Å². The number of piperazine rings is 1. The third-order valence-electron chi connectivity index (χ3n) is 4.40. The summed E-state index contributed by atoms with van der Waals surface area (Å²) in [6.07, 6.45) is 3.34. The molecule has 0 spiro atoms. The van der Waals surface area contributed by atoms with Gasteiger partial charge in [-0.3, -0.25) is 9.59 Å². The molecule has 0 radical (unpaired) electrons. The maximum atomic E-state index is 12.8. The Bertz CT molecular complexity index is 782. The molecule has 128 valence electrons. The summed E-state index contributed by atoms with van der Waals surface area (Å²) >= 11 is 0. The lowest BCUT2D eigenvalue weighted by Crippen LogP contribution is -2.56. The van der Waals surface area contributed by atoms with E-state index in [-0.39, 0.29) is 11.8 Å². The molecule has 24 heavy (non-hydrogen) atoms. The quantitative estimate of drug-likeness (QED) is 0.853. The molecular weight excluding hydrogens is 306 g/mol. The number of imidazole rings is 1. The summed E-state index contributed by atoms with van der Waals surface area (Å²) < 4.78 is 2.00. The highest BCUT2D eigenvalue weighted by Crippen LogP contribution is 2.18. The highest BCUT2D eigenvalue weighted by atomic mass is 16.2. The summed E-state index contributed by atoms with van der Waals surface area (Å²) in [6.45, 7) is 7.95. The number of nitrogens with zero attached hydrogens (tertiary/aromatic N) is 5. The lowest BCUT2D eigenvalue weighted by molar-refractivity contribution is -0.137. The molecule has 7 heteroatoms. The van der Waals surface area contributed by atoms with Gasteiger partial charge in [0.1, 0.15) is 11.6 Å². The highest BCUT2D eigenvalue weighted by Gasteiger charge is 2.33. The van der Waals surface area contributed by atoms with E-state index in [2.05, 4.69) is 23.8 Å². The van der Waals surface area contributed by atoms with Crippen LogP contribution in [0.25, 0.3) is 11.2 Å². The van der Waals surface area contributed by atoms with E-state index in [0.29, 0.717) is 30.1 Å². The van der Waals surface area contributed by atoms with Gasteiger partial charge < -0.3 is 14.4 Å². The molecule has 1 saturated heterocycles. The second-order valence-corrected chi connectivity index (χ2v) is 6.79. The molecule has 1 fully saturated rings. The predicted octanol–water partition coefficient (Wildman–Crippen LogP) is 1.39. The van der Waals surface area contributed by atoms with Crippen LogP contribution in [0.5, 0.6) is 0 Å². The number of rotatable bonds is 3. The van der Waals surface area contributed by atoms with E-state index >= 15 is 0 Å². The van der Waals surface area contributed by atoms with Gasteiger partial charge in [0.25, 0.3) is 5.91 Å². The summed E-state index contributed by atoms with van der Waals surface area (Å²) in [6, 6.07) is 1.31. The molecule has 0 bridgehead atoms. The van der Waals surface area contributed by atoms with Gasteiger partial charge in [0, 0.05) is 32.9 Å². The SMILES string of the molecule is CC(C)Cn1cnc2cc(C(=O)N3CCN(C)C(=O)C3C)cnc21. The van der Waals surface area contributed by atoms with E-state index in [0.717, 1.165) is 12.2 Å². The summed E-state index contributed by atoms with van der Waals surface area (Å²) in [7, 11) is 1.76. The summed E-state index contributed by atoms with van der Waals surface area (Å²) in [5, 5.41) is 0. The van der Waals surface area contributed by atoms with Crippen molar-refractivity contribution in [1.82, 2.24) is 24.3 Å². The molecule has 0 N–H and O–H groups in total. The van der Waals surface area contributed by atoms with Crippen LogP contribution in [0.1, 0.15) is 31.1 Å². The molecule has 3 heterocycles. The van der Waals surface area contributed by atoms with Crippen molar-refractivity contribution < 1.29 is 9.59 Å². The van der Waals surface area contributed by atoms with Crippen LogP contribution in [-0.2, 0) is 11.3 Å². The van der Waals surface area contributed by atoms with Crippen LogP contribution in [0.4, 0.5) is 0 Å². The molecule has 3 rings (SSSR count). The molecule has 0 aliphatic carbocycles. The molecular formula is C17H23N5O2. The number of amides is 2. The first kappa shape index (κ1) is 16.4. The van der Waals surface area contributed by atoms with Crippen LogP contribution in [0.2, 0.25) is 0 Å². The van der Waals surface area contributed by atoms with E-state index < -0.39 is 6.04 Å². The fourth-order valence-electron chi connectivity index (χ4n) is 3.05. The number of likely N-dealkylation sites (N-methyl/N-ethyl adjacent to an activating group) is 1. The first-order valence-corrected chi connectivity index (χ1v) is 8.25. The van der Waals surface area contributed by atoms with Gasteiger partial charge in [-0.25, -0.2) is 9.97 Å². The first-order valence-electron chi connectivity index (χ1n) is 8.25. The molecule has 2 aromatic heterocycles. The van der Waals surface area contributed by atoms with E-state index in [1.165, 1.54) is 0 Å². The number of hydrogen-bond acceptors (Lipinski definition) is 4. The Morgan fingerprint density at radius 3 is 2.79 bits per heavy atom. The minimum absolute atomic E-state index is 0.0372. The van der Waals surface area contributed by atoms with Gasteiger partial charge in [-0.1, -0.05) is 13.8 Å². The lowest BCUT2D eigenvalue weighted by atomic mass is 10.1. The maximum absolute atomic E-state index is 12.8. The smallest absolute Gasteiger partial charge is 0.256 e. The number of hydrogen-bond donors (Lipinski definition) is 0.